The van der Waals surface area contributed by atoms with Gasteiger partial charge in [-0.1, -0.05) is 0 Å². The number of aromatic nitrogens is 5. The molecule has 10 heteroatoms. The summed E-state index contributed by atoms with van der Waals surface area (Å²) in [7, 11) is 2.14. The van der Waals surface area contributed by atoms with Crippen LogP contribution >= 0.6 is 0 Å². The monoisotopic (exact) mass is 455 g/mol. The van der Waals surface area contributed by atoms with Gasteiger partial charge in [0.05, 0.1) is 11.9 Å². The molecule has 0 aliphatic carbocycles. The van der Waals surface area contributed by atoms with Crippen LogP contribution in [0.15, 0.2) is 36.8 Å². The van der Waals surface area contributed by atoms with E-state index in [1.54, 1.807) is 6.20 Å². The lowest BCUT2D eigenvalue weighted by atomic mass is 10.00. The van der Waals surface area contributed by atoms with Crippen molar-refractivity contribution in [3.8, 4) is 22.4 Å². The van der Waals surface area contributed by atoms with Gasteiger partial charge in [-0.3, -0.25) is 0 Å². The second kappa shape index (κ2) is 7.87. The summed E-state index contributed by atoms with van der Waals surface area (Å²) in [5.41, 5.74) is 6.64. The minimum absolute atomic E-state index is 0.000493. The molecule has 4 heterocycles. The molecule has 3 aromatic heterocycles. The molecule has 0 spiro atoms. The molecule has 0 unspecified atom stereocenters. The topological polar surface area (TPSA) is 65.9 Å². The molecule has 7 nitrogen and oxygen atoms in total. The molecule has 0 amide bonds. The number of fused-ring (bicyclic) bond motifs is 1. The van der Waals surface area contributed by atoms with E-state index in [0.717, 1.165) is 49.1 Å². The Hall–Kier alpha value is -3.40. The number of nitrogens with one attached hydrogen (secondary N) is 1. The molecule has 1 fully saturated rings. The third-order valence-electron chi connectivity index (χ3n) is 6.20. The zero-order chi connectivity index (χ0) is 23.3. The predicted octanol–water partition coefficient (Wildman–Crippen LogP) is 4.33. The highest BCUT2D eigenvalue weighted by molar-refractivity contribution is 5.95. The number of benzene rings is 1. The summed E-state index contributed by atoms with van der Waals surface area (Å²) >= 11 is 0. The number of piperazine rings is 1. The number of hydrogen-bond acceptors (Lipinski definition) is 5. The fraction of sp³-hybridized carbons (Fsp3) is 0.348. The summed E-state index contributed by atoms with van der Waals surface area (Å²) in [6.07, 6.45) is -0.749. The molecule has 0 atom stereocenters. The van der Waals surface area contributed by atoms with E-state index in [1.807, 2.05) is 6.07 Å². The quantitative estimate of drug-likeness (QED) is 0.498. The molecule has 1 saturated heterocycles. The summed E-state index contributed by atoms with van der Waals surface area (Å²) in [5.74, 6) is 0. The van der Waals surface area contributed by atoms with Crippen LogP contribution < -0.4 is 4.90 Å². The van der Waals surface area contributed by atoms with Crippen molar-refractivity contribution in [1.29, 1.82) is 0 Å². The van der Waals surface area contributed by atoms with Crippen LogP contribution in [0.4, 0.5) is 18.9 Å². The largest absolute Gasteiger partial charge is 0.504 e. The Balaban J connectivity index is 1.52. The van der Waals surface area contributed by atoms with Gasteiger partial charge in [-0.05, 0) is 50.2 Å². The highest BCUT2D eigenvalue weighted by atomic mass is 19.4. The minimum atomic E-state index is -4.56. The summed E-state index contributed by atoms with van der Waals surface area (Å²) < 4.78 is 38.9. The van der Waals surface area contributed by atoms with Gasteiger partial charge < -0.3 is 14.8 Å². The number of nitrogens with zero attached hydrogens (tertiary/aromatic N) is 6. The Labute approximate surface area is 188 Å². The first-order chi connectivity index (χ1) is 15.7. The Morgan fingerprint density at radius 2 is 1.64 bits per heavy atom. The molecule has 1 N–H and O–H groups in total. The number of H-pyrrole nitrogens is 1. The predicted molar refractivity (Wildman–Crippen MR) is 121 cm³/mol. The van der Waals surface area contributed by atoms with Gasteiger partial charge in [0.2, 0.25) is 0 Å². The van der Waals surface area contributed by atoms with Crippen LogP contribution in [-0.2, 0) is 6.30 Å². The number of likely N-dealkylation sites (N-methyl/N-ethyl adjacent to an activating group) is 1. The van der Waals surface area contributed by atoms with Crippen molar-refractivity contribution in [1.82, 2.24) is 29.9 Å². The SMILES string of the molecule is Cc1cc(-c2cc3c(-c4cnn(C(F)(F)F)c4)c[nH]c3nn2)cc(C)c1N1CCN(C)CC1. The van der Waals surface area contributed by atoms with Crippen molar-refractivity contribution in [2.75, 3.05) is 38.1 Å². The first-order valence-electron chi connectivity index (χ1n) is 10.7. The van der Waals surface area contributed by atoms with E-state index >= 15 is 0 Å². The van der Waals surface area contributed by atoms with Crippen molar-refractivity contribution in [3.05, 3.63) is 47.9 Å². The normalized spacial score (nSPS) is 15.5. The molecule has 1 aliphatic heterocycles. The molecular formula is C23H24F3N7. The van der Waals surface area contributed by atoms with Gasteiger partial charge in [0, 0.05) is 66.3 Å². The van der Waals surface area contributed by atoms with Crippen molar-refractivity contribution >= 4 is 16.7 Å². The van der Waals surface area contributed by atoms with Gasteiger partial charge in [0.15, 0.2) is 5.65 Å². The van der Waals surface area contributed by atoms with Crippen molar-refractivity contribution < 1.29 is 13.2 Å². The smallest absolute Gasteiger partial charge is 0.369 e. The molecule has 33 heavy (non-hydrogen) atoms. The molecule has 1 aromatic carbocycles. The van der Waals surface area contributed by atoms with E-state index in [0.29, 0.717) is 27.9 Å². The van der Waals surface area contributed by atoms with Crippen LogP contribution in [0.5, 0.6) is 0 Å². The zero-order valence-electron chi connectivity index (χ0n) is 18.6. The lowest BCUT2D eigenvalue weighted by Gasteiger charge is -2.36. The molecule has 5 rings (SSSR count). The number of aryl methyl sites for hydroxylation is 2. The van der Waals surface area contributed by atoms with E-state index in [9.17, 15) is 13.2 Å². The van der Waals surface area contributed by atoms with Crippen LogP contribution in [0.1, 0.15) is 11.1 Å². The van der Waals surface area contributed by atoms with Gasteiger partial charge in [0.25, 0.3) is 0 Å². The highest BCUT2D eigenvalue weighted by Crippen LogP contribution is 2.34. The van der Waals surface area contributed by atoms with Crippen molar-refractivity contribution in [3.63, 3.8) is 0 Å². The second-order valence-electron chi connectivity index (χ2n) is 8.58. The maximum atomic E-state index is 13.0. The molecule has 172 valence electrons. The van der Waals surface area contributed by atoms with Gasteiger partial charge >= 0.3 is 6.30 Å². The fourth-order valence-electron chi connectivity index (χ4n) is 4.53. The van der Waals surface area contributed by atoms with Crippen LogP contribution in [0, 0.1) is 13.8 Å². The van der Waals surface area contributed by atoms with E-state index in [1.165, 1.54) is 11.9 Å². The lowest BCUT2D eigenvalue weighted by molar-refractivity contribution is -0.212. The standard InChI is InChI=1S/C23H24F3N7/c1-14-8-16(9-15(2)21(14)32-6-4-31(3)5-7-32)20-10-18-19(12-27-22(18)30-29-20)17-11-28-33(13-17)23(24,25)26/h8-13H,4-7H2,1-3H3,(H,27,30). The van der Waals surface area contributed by atoms with E-state index in [4.69, 9.17) is 0 Å². The van der Waals surface area contributed by atoms with E-state index in [-0.39, 0.29) is 4.68 Å². The number of anilines is 1. The Morgan fingerprint density at radius 1 is 0.939 bits per heavy atom. The second-order valence-corrected chi connectivity index (χ2v) is 8.58. The van der Waals surface area contributed by atoms with Crippen LogP contribution in [0.3, 0.4) is 0 Å². The van der Waals surface area contributed by atoms with Gasteiger partial charge in [0.1, 0.15) is 0 Å². The van der Waals surface area contributed by atoms with Gasteiger partial charge in [-0.25, -0.2) is 0 Å². The summed E-state index contributed by atoms with van der Waals surface area (Å²) in [6.45, 7) is 8.24. The lowest BCUT2D eigenvalue weighted by Crippen LogP contribution is -2.45. The van der Waals surface area contributed by atoms with Crippen molar-refractivity contribution in [2.24, 2.45) is 0 Å². The molecule has 0 saturated carbocycles. The van der Waals surface area contributed by atoms with Crippen LogP contribution in [0.2, 0.25) is 0 Å². The minimum Gasteiger partial charge on any atom is -0.369 e. The molecule has 1 aliphatic rings. The average molecular weight is 455 g/mol. The number of aromatic amines is 1. The van der Waals surface area contributed by atoms with Gasteiger partial charge in [-0.15, -0.1) is 23.4 Å². The highest BCUT2D eigenvalue weighted by Gasteiger charge is 2.32. The third-order valence-corrected chi connectivity index (χ3v) is 6.20. The molecule has 0 bridgehead atoms. The summed E-state index contributed by atoms with van der Waals surface area (Å²) in [4.78, 5) is 7.74. The van der Waals surface area contributed by atoms with E-state index in [2.05, 4.69) is 63.1 Å². The maximum Gasteiger partial charge on any atom is 0.504 e. The average Bonchev–Trinajstić information content (AvgIpc) is 3.41. The Kier molecular flexibility index (Phi) is 5.12. The van der Waals surface area contributed by atoms with Gasteiger partial charge in [-0.2, -0.15) is 9.78 Å². The number of halogens is 3. The van der Waals surface area contributed by atoms with Crippen LogP contribution in [-0.4, -0.2) is 63.1 Å². The first-order valence-corrected chi connectivity index (χ1v) is 10.7. The molecule has 0 radical (unpaired) electrons. The molecule has 4 aromatic rings. The Morgan fingerprint density at radius 3 is 2.27 bits per heavy atom. The maximum absolute atomic E-state index is 13.0. The fourth-order valence-corrected chi connectivity index (χ4v) is 4.53. The van der Waals surface area contributed by atoms with E-state index < -0.39 is 6.30 Å². The van der Waals surface area contributed by atoms with Crippen LogP contribution in [0.25, 0.3) is 33.4 Å². The first kappa shape index (κ1) is 21.4. The zero-order valence-corrected chi connectivity index (χ0v) is 18.6. The Bertz CT molecular complexity index is 1290. The number of rotatable bonds is 3. The van der Waals surface area contributed by atoms with Crippen molar-refractivity contribution in [2.45, 2.75) is 20.1 Å². The summed E-state index contributed by atoms with van der Waals surface area (Å²) in [6, 6.07) is 6.07. The number of hydrogen-bond donors (Lipinski definition) is 1. The molecular weight excluding hydrogens is 431 g/mol. The number of alkyl halides is 3. The third kappa shape index (κ3) is 3.95. The summed E-state index contributed by atoms with van der Waals surface area (Å²) in [5, 5.41) is 12.8.